The first kappa shape index (κ1) is 24.2. The fraction of sp³-hybridized carbons (Fsp3) is 0.375. The van der Waals surface area contributed by atoms with Crippen LogP contribution in [-0.4, -0.2) is 47.0 Å². The van der Waals surface area contributed by atoms with Gasteiger partial charge in [0, 0.05) is 17.5 Å². The molecule has 0 aliphatic heterocycles. The molecule has 0 unspecified atom stereocenters. The predicted molar refractivity (Wildman–Crippen MR) is 134 cm³/mol. The van der Waals surface area contributed by atoms with Gasteiger partial charge in [0.25, 0.3) is 5.91 Å². The number of para-hydroxylation sites is 1. The topological polar surface area (TPSA) is 70.2 Å². The number of anilines is 2. The Bertz CT molecular complexity index is 1090. The van der Waals surface area contributed by atoms with Crippen LogP contribution in [0.15, 0.2) is 36.4 Å². The zero-order valence-electron chi connectivity index (χ0n) is 18.7. The van der Waals surface area contributed by atoms with E-state index in [1.165, 1.54) is 6.07 Å². The van der Waals surface area contributed by atoms with Gasteiger partial charge in [0.05, 0.1) is 15.6 Å². The number of hydrogen-bond acceptors (Lipinski definition) is 5. The fourth-order valence-electron chi connectivity index (χ4n) is 3.50. The molecule has 2 N–H and O–H groups in total. The number of rotatable bonds is 10. The number of fused-ring (bicyclic) bond motifs is 1. The Morgan fingerprint density at radius 3 is 2.53 bits per heavy atom. The fourth-order valence-corrected chi connectivity index (χ4v) is 3.80. The molecule has 0 fully saturated rings. The smallest absolute Gasteiger partial charge is 0.258 e. The number of aromatic nitrogens is 2. The summed E-state index contributed by atoms with van der Waals surface area (Å²) in [5, 5.41) is 7.87. The number of hydrogen-bond donors (Lipinski definition) is 2. The lowest BCUT2D eigenvalue weighted by Crippen LogP contribution is -2.24. The first-order chi connectivity index (χ1) is 15.4. The lowest BCUT2D eigenvalue weighted by Gasteiger charge is -2.18. The van der Waals surface area contributed by atoms with E-state index < -0.39 is 0 Å². The van der Waals surface area contributed by atoms with Crippen molar-refractivity contribution in [2.24, 2.45) is 0 Å². The summed E-state index contributed by atoms with van der Waals surface area (Å²) < 4.78 is 0. The summed E-state index contributed by atoms with van der Waals surface area (Å²) in [6.07, 6.45) is 2.14. The van der Waals surface area contributed by atoms with Crippen molar-refractivity contribution in [3.8, 4) is 0 Å². The van der Waals surface area contributed by atoms with Crippen LogP contribution in [0, 0.1) is 6.92 Å². The largest absolute Gasteiger partial charge is 0.369 e. The Morgan fingerprint density at radius 1 is 1.03 bits per heavy atom. The van der Waals surface area contributed by atoms with Crippen molar-refractivity contribution in [3.05, 3.63) is 57.6 Å². The van der Waals surface area contributed by atoms with Crippen molar-refractivity contribution in [1.29, 1.82) is 0 Å². The van der Waals surface area contributed by atoms with Crippen LogP contribution in [0.2, 0.25) is 10.0 Å². The van der Waals surface area contributed by atoms with Crippen molar-refractivity contribution in [3.63, 3.8) is 0 Å². The highest BCUT2D eigenvalue weighted by molar-refractivity contribution is 6.42. The number of halogens is 2. The molecular formula is C24H29Cl2N5O. The van der Waals surface area contributed by atoms with E-state index in [0.717, 1.165) is 55.5 Å². The second-order valence-corrected chi connectivity index (χ2v) is 8.43. The number of nitrogens with zero attached hydrogens (tertiary/aromatic N) is 3. The quantitative estimate of drug-likeness (QED) is 0.351. The van der Waals surface area contributed by atoms with Gasteiger partial charge >= 0.3 is 0 Å². The van der Waals surface area contributed by atoms with Gasteiger partial charge in [-0.3, -0.25) is 10.1 Å². The third kappa shape index (κ3) is 6.09. The maximum Gasteiger partial charge on any atom is 0.258 e. The summed E-state index contributed by atoms with van der Waals surface area (Å²) in [5.74, 6) is 0.612. The number of nitrogens with one attached hydrogen (secondary N) is 2. The van der Waals surface area contributed by atoms with E-state index in [0.29, 0.717) is 21.4 Å². The highest BCUT2D eigenvalue weighted by atomic mass is 35.5. The SMILES string of the molecule is CCN(CC)CCCCNc1nc(NC(=O)c2ccc(Cl)c(Cl)c2)nc2c(C)cccc12. The molecule has 0 atom stereocenters. The minimum absolute atomic E-state index is 0.244. The summed E-state index contributed by atoms with van der Waals surface area (Å²) in [6.45, 7) is 10.4. The van der Waals surface area contributed by atoms with Crippen LogP contribution in [0.1, 0.15) is 42.6 Å². The van der Waals surface area contributed by atoms with Crippen LogP contribution < -0.4 is 10.6 Å². The molecule has 1 amide bonds. The van der Waals surface area contributed by atoms with Crippen LogP contribution in [0.25, 0.3) is 10.9 Å². The Hall–Kier alpha value is -2.41. The molecule has 6 nitrogen and oxygen atoms in total. The molecule has 2 aromatic carbocycles. The average molecular weight is 474 g/mol. The highest BCUT2D eigenvalue weighted by Gasteiger charge is 2.14. The maximum absolute atomic E-state index is 12.7. The third-order valence-electron chi connectivity index (χ3n) is 5.42. The van der Waals surface area contributed by atoms with Gasteiger partial charge < -0.3 is 10.2 Å². The molecule has 8 heteroatoms. The number of benzene rings is 2. The van der Waals surface area contributed by atoms with Gasteiger partial charge in [0.2, 0.25) is 5.95 Å². The second-order valence-electron chi connectivity index (χ2n) is 7.61. The summed E-state index contributed by atoms with van der Waals surface area (Å²) in [6, 6.07) is 10.7. The Balaban J connectivity index is 1.76. The van der Waals surface area contributed by atoms with Crippen molar-refractivity contribution in [1.82, 2.24) is 14.9 Å². The number of carbonyl (C=O) groups excluding carboxylic acids is 1. The van der Waals surface area contributed by atoms with Crippen molar-refractivity contribution in [2.45, 2.75) is 33.6 Å². The Kier molecular flexibility index (Phi) is 8.67. The van der Waals surface area contributed by atoms with Gasteiger partial charge in [-0.05, 0) is 69.2 Å². The maximum atomic E-state index is 12.7. The van der Waals surface area contributed by atoms with E-state index in [4.69, 9.17) is 23.2 Å². The number of amides is 1. The van der Waals surface area contributed by atoms with E-state index in [1.807, 2.05) is 25.1 Å². The monoisotopic (exact) mass is 473 g/mol. The van der Waals surface area contributed by atoms with Crippen LogP contribution in [0.3, 0.4) is 0 Å². The Morgan fingerprint density at radius 2 is 1.81 bits per heavy atom. The standard InChI is InChI=1S/C24H29Cl2N5O/c1-4-31(5-2)14-7-6-13-27-22-18-10-8-9-16(3)21(18)28-24(29-22)30-23(32)17-11-12-19(25)20(26)15-17/h8-12,15H,4-7,13-14H2,1-3H3,(H2,27,28,29,30,32). The number of carbonyl (C=O) groups is 1. The van der Waals surface area contributed by atoms with E-state index >= 15 is 0 Å². The molecule has 0 radical (unpaired) electrons. The van der Waals surface area contributed by atoms with Crippen molar-refractivity contribution in [2.75, 3.05) is 36.8 Å². The summed E-state index contributed by atoms with van der Waals surface area (Å²) in [5.41, 5.74) is 2.20. The molecular weight excluding hydrogens is 445 g/mol. The molecule has 0 saturated heterocycles. The van der Waals surface area contributed by atoms with Gasteiger partial charge in [-0.1, -0.05) is 49.2 Å². The van der Waals surface area contributed by atoms with Gasteiger partial charge in [-0.2, -0.15) is 4.98 Å². The first-order valence-corrected chi connectivity index (χ1v) is 11.7. The van der Waals surface area contributed by atoms with Gasteiger partial charge in [-0.25, -0.2) is 4.98 Å². The van der Waals surface area contributed by atoms with Gasteiger partial charge in [0.15, 0.2) is 0 Å². The molecule has 170 valence electrons. The van der Waals surface area contributed by atoms with E-state index in [9.17, 15) is 4.79 Å². The van der Waals surface area contributed by atoms with E-state index in [-0.39, 0.29) is 11.9 Å². The summed E-state index contributed by atoms with van der Waals surface area (Å²) in [4.78, 5) is 24.3. The zero-order valence-corrected chi connectivity index (χ0v) is 20.2. The molecule has 0 aliphatic carbocycles. The highest BCUT2D eigenvalue weighted by Crippen LogP contribution is 2.26. The minimum atomic E-state index is -0.346. The predicted octanol–water partition coefficient (Wildman–Crippen LogP) is 6.03. The lowest BCUT2D eigenvalue weighted by atomic mass is 10.1. The molecule has 0 bridgehead atoms. The van der Waals surface area contributed by atoms with Crippen LogP contribution in [-0.2, 0) is 0 Å². The molecule has 0 spiro atoms. The second kappa shape index (κ2) is 11.5. The van der Waals surface area contributed by atoms with E-state index in [2.05, 4.69) is 39.3 Å². The molecule has 0 aliphatic rings. The zero-order chi connectivity index (χ0) is 23.1. The summed E-state index contributed by atoms with van der Waals surface area (Å²) in [7, 11) is 0. The lowest BCUT2D eigenvalue weighted by molar-refractivity contribution is 0.102. The van der Waals surface area contributed by atoms with Gasteiger partial charge in [-0.15, -0.1) is 0 Å². The molecule has 3 rings (SSSR count). The Labute approximate surface area is 199 Å². The number of aryl methyl sites for hydroxylation is 1. The molecule has 0 saturated carbocycles. The van der Waals surface area contributed by atoms with Crippen LogP contribution in [0.5, 0.6) is 0 Å². The van der Waals surface area contributed by atoms with Crippen LogP contribution in [0.4, 0.5) is 11.8 Å². The average Bonchev–Trinajstić information content (AvgIpc) is 2.78. The molecule has 1 aromatic heterocycles. The number of unbranched alkanes of at least 4 members (excludes halogenated alkanes) is 1. The van der Waals surface area contributed by atoms with Crippen molar-refractivity contribution < 1.29 is 4.79 Å². The van der Waals surface area contributed by atoms with E-state index in [1.54, 1.807) is 12.1 Å². The molecule has 1 heterocycles. The first-order valence-electron chi connectivity index (χ1n) is 10.9. The minimum Gasteiger partial charge on any atom is -0.369 e. The van der Waals surface area contributed by atoms with Gasteiger partial charge in [0.1, 0.15) is 5.82 Å². The molecule has 32 heavy (non-hydrogen) atoms. The third-order valence-corrected chi connectivity index (χ3v) is 6.16. The normalized spacial score (nSPS) is 11.2. The van der Waals surface area contributed by atoms with Crippen LogP contribution >= 0.6 is 23.2 Å². The van der Waals surface area contributed by atoms with Crippen molar-refractivity contribution >= 4 is 51.8 Å². The molecule has 3 aromatic rings. The summed E-state index contributed by atoms with van der Waals surface area (Å²) >= 11 is 12.0.